The molecule has 7 nitrogen and oxygen atoms in total. The standard InChI is InChI=1S/C17H20N2O5S/c1-3-5-8-23-15(20)13-10-19(16(21)24-13)11-6-7-12-14(9-11)25-17(22)18(12)4-2/h6-7,9,13H,3-5,8,10H2,1-2H3/t13-/m1/s1. The van der Waals surface area contributed by atoms with Crippen LogP contribution < -0.4 is 9.77 Å². The molecule has 8 heteroatoms. The van der Waals surface area contributed by atoms with E-state index >= 15 is 0 Å². The second-order valence-corrected chi connectivity index (χ2v) is 6.76. The van der Waals surface area contributed by atoms with Gasteiger partial charge < -0.3 is 9.47 Å². The van der Waals surface area contributed by atoms with E-state index in [9.17, 15) is 14.4 Å². The van der Waals surface area contributed by atoms with Gasteiger partial charge in [0.05, 0.1) is 23.4 Å². The van der Waals surface area contributed by atoms with Gasteiger partial charge in [-0.15, -0.1) is 0 Å². The molecule has 0 spiro atoms. The lowest BCUT2D eigenvalue weighted by molar-refractivity contribution is -0.151. The van der Waals surface area contributed by atoms with E-state index in [2.05, 4.69) is 0 Å². The fourth-order valence-electron chi connectivity index (χ4n) is 2.73. The molecule has 3 rings (SSSR count). The highest BCUT2D eigenvalue weighted by molar-refractivity contribution is 7.16. The van der Waals surface area contributed by atoms with Crippen molar-refractivity contribution in [2.75, 3.05) is 18.1 Å². The first-order valence-corrected chi connectivity index (χ1v) is 9.15. The van der Waals surface area contributed by atoms with Gasteiger partial charge in [-0.2, -0.15) is 0 Å². The van der Waals surface area contributed by atoms with Crippen molar-refractivity contribution in [2.45, 2.75) is 39.3 Å². The second kappa shape index (κ2) is 7.26. The van der Waals surface area contributed by atoms with Crippen molar-refractivity contribution >= 4 is 39.3 Å². The Bertz CT molecular complexity index is 856. The minimum atomic E-state index is -0.918. The number of carbonyl (C=O) groups is 2. The van der Waals surface area contributed by atoms with E-state index < -0.39 is 18.2 Å². The molecule has 0 unspecified atom stereocenters. The predicted molar refractivity (Wildman–Crippen MR) is 95.2 cm³/mol. The number of benzene rings is 1. The number of fused-ring (bicyclic) bond motifs is 1. The predicted octanol–water partition coefficient (Wildman–Crippen LogP) is 2.75. The Kier molecular flexibility index (Phi) is 5.08. The number of aryl methyl sites for hydroxylation is 1. The summed E-state index contributed by atoms with van der Waals surface area (Å²) in [6.07, 6.45) is 0.197. The molecular weight excluding hydrogens is 344 g/mol. The molecule has 1 amide bonds. The molecule has 0 aliphatic carbocycles. The summed E-state index contributed by atoms with van der Waals surface area (Å²) in [4.78, 5) is 37.4. The van der Waals surface area contributed by atoms with Crippen LogP contribution in [-0.4, -0.2) is 35.9 Å². The van der Waals surface area contributed by atoms with E-state index in [1.54, 1.807) is 16.7 Å². The summed E-state index contributed by atoms with van der Waals surface area (Å²) in [7, 11) is 0. The van der Waals surface area contributed by atoms with Crippen molar-refractivity contribution in [3.63, 3.8) is 0 Å². The van der Waals surface area contributed by atoms with E-state index in [0.29, 0.717) is 18.8 Å². The average molecular weight is 364 g/mol. The Morgan fingerprint density at radius 3 is 2.88 bits per heavy atom. The van der Waals surface area contributed by atoms with E-state index in [1.165, 1.54) is 4.90 Å². The average Bonchev–Trinajstić information content (AvgIpc) is 3.13. The van der Waals surface area contributed by atoms with Crippen LogP contribution in [-0.2, 0) is 20.8 Å². The molecule has 2 aromatic rings. The van der Waals surface area contributed by atoms with Gasteiger partial charge in [-0.25, -0.2) is 9.59 Å². The number of anilines is 1. The summed E-state index contributed by atoms with van der Waals surface area (Å²) in [5.74, 6) is -0.521. The number of cyclic esters (lactones) is 1. The highest BCUT2D eigenvalue weighted by Crippen LogP contribution is 2.27. The van der Waals surface area contributed by atoms with Crippen molar-refractivity contribution in [1.82, 2.24) is 4.57 Å². The molecule has 1 aliphatic heterocycles. The van der Waals surface area contributed by atoms with Crippen molar-refractivity contribution in [2.24, 2.45) is 0 Å². The summed E-state index contributed by atoms with van der Waals surface area (Å²) in [5, 5.41) is 0. The first-order valence-electron chi connectivity index (χ1n) is 8.33. The number of amides is 1. The second-order valence-electron chi connectivity index (χ2n) is 5.77. The van der Waals surface area contributed by atoms with Gasteiger partial charge >= 0.3 is 16.9 Å². The summed E-state index contributed by atoms with van der Waals surface area (Å²) >= 11 is 1.14. The van der Waals surface area contributed by atoms with Crippen molar-refractivity contribution < 1.29 is 19.1 Å². The first-order chi connectivity index (χ1) is 12.0. The molecule has 0 saturated carbocycles. The zero-order chi connectivity index (χ0) is 18.0. The molecule has 1 aliphatic rings. The highest BCUT2D eigenvalue weighted by atomic mass is 32.1. The van der Waals surface area contributed by atoms with Crippen LogP contribution in [0, 0.1) is 0 Å². The van der Waals surface area contributed by atoms with Crippen LogP contribution in [0.2, 0.25) is 0 Å². The first kappa shape index (κ1) is 17.5. The lowest BCUT2D eigenvalue weighted by Gasteiger charge is -2.13. The number of thiazole rings is 1. The quantitative estimate of drug-likeness (QED) is 0.582. The zero-order valence-electron chi connectivity index (χ0n) is 14.2. The molecular formula is C17H20N2O5S. The number of hydrogen-bond donors (Lipinski definition) is 0. The van der Waals surface area contributed by atoms with E-state index in [1.807, 2.05) is 19.9 Å². The fraction of sp³-hybridized carbons (Fsp3) is 0.471. The van der Waals surface area contributed by atoms with Crippen molar-refractivity contribution in [3.8, 4) is 0 Å². The number of carbonyl (C=O) groups excluding carboxylic acids is 2. The normalized spacial score (nSPS) is 17.1. The molecule has 0 bridgehead atoms. The van der Waals surface area contributed by atoms with Gasteiger partial charge in [0.15, 0.2) is 0 Å². The molecule has 1 atom stereocenters. The lowest BCUT2D eigenvalue weighted by Crippen LogP contribution is -2.29. The number of esters is 1. The topological polar surface area (TPSA) is 77.8 Å². The largest absolute Gasteiger partial charge is 0.463 e. The fourth-order valence-corrected chi connectivity index (χ4v) is 3.72. The van der Waals surface area contributed by atoms with Gasteiger partial charge in [0.25, 0.3) is 0 Å². The van der Waals surface area contributed by atoms with Crippen LogP contribution in [0.15, 0.2) is 23.0 Å². The summed E-state index contributed by atoms with van der Waals surface area (Å²) in [5.41, 5.74) is 1.44. The maximum absolute atomic E-state index is 12.1. The number of hydrogen-bond acceptors (Lipinski definition) is 6. The minimum Gasteiger partial charge on any atom is -0.463 e. The molecule has 25 heavy (non-hydrogen) atoms. The number of ether oxygens (including phenoxy) is 2. The smallest absolute Gasteiger partial charge is 0.415 e. The number of nitrogens with zero attached hydrogens (tertiary/aromatic N) is 2. The van der Waals surface area contributed by atoms with Crippen molar-refractivity contribution in [1.29, 1.82) is 0 Å². The van der Waals surface area contributed by atoms with Gasteiger partial charge in [-0.3, -0.25) is 14.3 Å². The number of aromatic nitrogens is 1. The third-order valence-corrected chi connectivity index (χ3v) is 5.04. The van der Waals surface area contributed by atoms with Crippen LogP contribution in [0.4, 0.5) is 10.5 Å². The Morgan fingerprint density at radius 1 is 1.36 bits per heavy atom. The van der Waals surface area contributed by atoms with Crippen LogP contribution in [0.5, 0.6) is 0 Å². The maximum atomic E-state index is 12.1. The third kappa shape index (κ3) is 3.39. The van der Waals surface area contributed by atoms with Crippen LogP contribution in [0.25, 0.3) is 10.2 Å². The molecule has 0 N–H and O–H groups in total. The summed E-state index contributed by atoms with van der Waals surface area (Å²) < 4.78 is 12.7. The van der Waals surface area contributed by atoms with E-state index in [0.717, 1.165) is 34.4 Å². The molecule has 2 heterocycles. The Labute approximate surface area is 148 Å². The molecule has 0 radical (unpaired) electrons. The van der Waals surface area contributed by atoms with Gasteiger partial charge in [0, 0.05) is 12.2 Å². The Morgan fingerprint density at radius 2 is 2.16 bits per heavy atom. The van der Waals surface area contributed by atoms with E-state index in [4.69, 9.17) is 9.47 Å². The lowest BCUT2D eigenvalue weighted by atomic mass is 10.2. The highest BCUT2D eigenvalue weighted by Gasteiger charge is 2.38. The summed E-state index contributed by atoms with van der Waals surface area (Å²) in [6.45, 7) is 4.94. The molecule has 1 aromatic carbocycles. The number of rotatable bonds is 6. The summed E-state index contributed by atoms with van der Waals surface area (Å²) in [6, 6.07) is 5.35. The molecule has 134 valence electrons. The number of unbranched alkanes of at least 4 members (excludes halogenated alkanes) is 1. The Hall–Kier alpha value is -2.35. The SMILES string of the molecule is CCCCOC(=O)[C@H]1CN(c2ccc3c(c2)sc(=O)n3CC)C(=O)O1. The molecule has 1 aromatic heterocycles. The maximum Gasteiger partial charge on any atom is 0.415 e. The monoisotopic (exact) mass is 364 g/mol. The van der Waals surface area contributed by atoms with E-state index in [-0.39, 0.29) is 11.4 Å². The minimum absolute atomic E-state index is 0.0315. The zero-order valence-corrected chi connectivity index (χ0v) is 15.0. The van der Waals surface area contributed by atoms with Crippen LogP contribution >= 0.6 is 11.3 Å². The van der Waals surface area contributed by atoms with Crippen LogP contribution in [0.3, 0.4) is 0 Å². The molecule has 1 fully saturated rings. The third-order valence-electron chi connectivity index (χ3n) is 4.10. The molecule has 1 saturated heterocycles. The van der Waals surface area contributed by atoms with Gasteiger partial charge in [-0.05, 0) is 31.5 Å². The van der Waals surface area contributed by atoms with Crippen molar-refractivity contribution in [3.05, 3.63) is 27.9 Å². The van der Waals surface area contributed by atoms with Gasteiger partial charge in [-0.1, -0.05) is 24.7 Å². The Balaban J connectivity index is 1.78. The van der Waals surface area contributed by atoms with Gasteiger partial charge in [0.1, 0.15) is 0 Å². The van der Waals surface area contributed by atoms with Gasteiger partial charge in [0.2, 0.25) is 6.10 Å². The van der Waals surface area contributed by atoms with Crippen LogP contribution in [0.1, 0.15) is 26.7 Å².